The summed E-state index contributed by atoms with van der Waals surface area (Å²) < 4.78 is 47.3. The van der Waals surface area contributed by atoms with Crippen molar-refractivity contribution in [2.45, 2.75) is 32.0 Å². The van der Waals surface area contributed by atoms with E-state index in [-0.39, 0.29) is 23.7 Å². The molecule has 25 heavy (non-hydrogen) atoms. The predicted octanol–water partition coefficient (Wildman–Crippen LogP) is 2.86. The highest BCUT2D eigenvalue weighted by atomic mass is 19.4. The number of nitrogens with one attached hydrogen (secondary N) is 2. The Labute approximate surface area is 141 Å². The molecule has 1 aliphatic carbocycles. The summed E-state index contributed by atoms with van der Waals surface area (Å²) >= 11 is 0. The fourth-order valence-corrected chi connectivity index (χ4v) is 3.14. The van der Waals surface area contributed by atoms with Crippen molar-refractivity contribution in [1.82, 2.24) is 19.7 Å². The lowest BCUT2D eigenvalue weighted by Crippen LogP contribution is -2.42. The molecule has 1 unspecified atom stereocenters. The van der Waals surface area contributed by atoms with Gasteiger partial charge >= 0.3 is 6.18 Å². The van der Waals surface area contributed by atoms with Crippen molar-refractivity contribution >= 4 is 17.6 Å². The minimum Gasteiger partial charge on any atom is -0.487 e. The van der Waals surface area contributed by atoms with Crippen LogP contribution in [0.3, 0.4) is 0 Å². The first-order chi connectivity index (χ1) is 11.8. The van der Waals surface area contributed by atoms with E-state index in [1.807, 2.05) is 6.92 Å². The fraction of sp³-hybridized carbons (Fsp3) is 0.533. The smallest absolute Gasteiger partial charge is 0.421 e. The second-order valence-corrected chi connectivity index (χ2v) is 6.36. The number of aryl methyl sites for hydroxylation is 2. The van der Waals surface area contributed by atoms with Gasteiger partial charge in [-0.3, -0.25) is 0 Å². The normalized spacial score (nSPS) is 22.3. The highest BCUT2D eigenvalue weighted by Crippen LogP contribution is 2.39. The van der Waals surface area contributed by atoms with E-state index in [2.05, 4.69) is 25.7 Å². The van der Waals surface area contributed by atoms with Crippen LogP contribution in [0, 0.1) is 12.8 Å². The van der Waals surface area contributed by atoms with Crippen molar-refractivity contribution in [3.8, 4) is 5.75 Å². The van der Waals surface area contributed by atoms with Crippen molar-refractivity contribution in [2.24, 2.45) is 13.0 Å². The Balaban J connectivity index is 1.81. The van der Waals surface area contributed by atoms with Crippen LogP contribution in [-0.4, -0.2) is 32.4 Å². The fourth-order valence-electron chi connectivity index (χ4n) is 3.14. The van der Waals surface area contributed by atoms with E-state index in [0.717, 1.165) is 19.0 Å². The lowest BCUT2D eigenvalue weighted by atomic mass is 9.80. The van der Waals surface area contributed by atoms with Gasteiger partial charge < -0.3 is 15.4 Å². The maximum Gasteiger partial charge on any atom is 0.421 e. The molecule has 1 fully saturated rings. The van der Waals surface area contributed by atoms with E-state index >= 15 is 0 Å². The monoisotopic (exact) mass is 354 g/mol. The number of anilines is 3. The number of hydrogen-bond donors (Lipinski definition) is 2. The molecular formula is C15H17F3N6O. The van der Waals surface area contributed by atoms with E-state index in [1.165, 1.54) is 0 Å². The number of alkyl halides is 3. The summed E-state index contributed by atoms with van der Waals surface area (Å²) in [5.41, 5.74) is -0.175. The molecule has 134 valence electrons. The molecule has 1 aliphatic heterocycles. The maximum absolute atomic E-state index is 13.3. The van der Waals surface area contributed by atoms with Gasteiger partial charge in [-0.05, 0) is 19.8 Å². The second kappa shape index (κ2) is 5.50. The van der Waals surface area contributed by atoms with Gasteiger partial charge in [0.05, 0.1) is 6.61 Å². The summed E-state index contributed by atoms with van der Waals surface area (Å²) in [7, 11) is 1.72. The average molecular weight is 354 g/mol. The highest BCUT2D eigenvalue weighted by Gasteiger charge is 2.39. The zero-order valence-corrected chi connectivity index (χ0v) is 13.7. The van der Waals surface area contributed by atoms with Gasteiger partial charge in [0.25, 0.3) is 0 Å². The quantitative estimate of drug-likeness (QED) is 0.758. The zero-order valence-electron chi connectivity index (χ0n) is 13.7. The van der Waals surface area contributed by atoms with E-state index in [4.69, 9.17) is 4.74 Å². The van der Waals surface area contributed by atoms with Crippen LogP contribution in [0.25, 0.3) is 0 Å². The number of nitrogens with zero attached hydrogens (tertiary/aromatic N) is 4. The van der Waals surface area contributed by atoms with E-state index in [1.54, 1.807) is 11.7 Å². The first kappa shape index (κ1) is 16.0. The molecule has 7 nitrogen and oxygen atoms in total. The SMILES string of the molecule is Cc1nn(C)c2c1OC[C@H]1CCC1Nc1nc(ncc1C(F)(F)F)N2. The van der Waals surface area contributed by atoms with Gasteiger partial charge in [-0.1, -0.05) is 0 Å². The summed E-state index contributed by atoms with van der Waals surface area (Å²) in [5, 5.41) is 10.1. The van der Waals surface area contributed by atoms with Gasteiger partial charge in [-0.2, -0.15) is 23.3 Å². The molecule has 0 amide bonds. The number of rotatable bonds is 0. The number of hydrogen-bond acceptors (Lipinski definition) is 6. The predicted molar refractivity (Wildman–Crippen MR) is 83.9 cm³/mol. The third-order valence-corrected chi connectivity index (χ3v) is 4.67. The summed E-state index contributed by atoms with van der Waals surface area (Å²) in [6.07, 6.45) is -2.06. The van der Waals surface area contributed by atoms with Gasteiger partial charge in [0, 0.05) is 25.2 Å². The molecule has 0 aromatic carbocycles. The van der Waals surface area contributed by atoms with Crippen LogP contribution in [0.15, 0.2) is 6.20 Å². The lowest BCUT2D eigenvalue weighted by Gasteiger charge is -2.37. The molecule has 4 rings (SSSR count). The second-order valence-electron chi connectivity index (χ2n) is 6.36. The Hall–Kier alpha value is -2.52. The van der Waals surface area contributed by atoms with Crippen LogP contribution in [0.4, 0.5) is 30.8 Å². The zero-order chi connectivity index (χ0) is 17.8. The summed E-state index contributed by atoms with van der Waals surface area (Å²) in [4.78, 5) is 7.87. The van der Waals surface area contributed by atoms with Crippen molar-refractivity contribution in [3.63, 3.8) is 0 Å². The third-order valence-electron chi connectivity index (χ3n) is 4.67. The molecule has 0 saturated heterocycles. The Morgan fingerprint density at radius 2 is 2.12 bits per heavy atom. The Morgan fingerprint density at radius 3 is 2.80 bits per heavy atom. The van der Waals surface area contributed by atoms with Gasteiger partial charge in [-0.15, -0.1) is 0 Å². The molecule has 2 N–H and O–H groups in total. The highest BCUT2D eigenvalue weighted by molar-refractivity contribution is 5.62. The van der Waals surface area contributed by atoms with Gasteiger partial charge in [0.1, 0.15) is 17.1 Å². The average Bonchev–Trinajstić information content (AvgIpc) is 2.76. The van der Waals surface area contributed by atoms with E-state index in [9.17, 15) is 13.2 Å². The molecule has 2 atom stereocenters. The number of halogens is 3. The molecule has 1 saturated carbocycles. The molecule has 0 radical (unpaired) electrons. The van der Waals surface area contributed by atoms with Crippen molar-refractivity contribution in [1.29, 1.82) is 0 Å². The Bertz CT molecular complexity index is 818. The molecule has 2 aromatic heterocycles. The summed E-state index contributed by atoms with van der Waals surface area (Å²) in [6.45, 7) is 2.22. The summed E-state index contributed by atoms with van der Waals surface area (Å²) in [6, 6.07) is -0.109. The minimum atomic E-state index is -4.52. The van der Waals surface area contributed by atoms with E-state index < -0.39 is 11.7 Å². The van der Waals surface area contributed by atoms with Gasteiger partial charge in [0.15, 0.2) is 11.6 Å². The standard InChI is InChI=1S/C15H17F3N6O/c1-7-11-13(24(2)23-7)22-14-19-5-9(15(16,17)18)12(21-14)20-10-4-3-8(10)6-25-11/h5,8,10H,3-4,6H2,1-2H3,(H2,19,20,21,22)/t8-,10?/m1/s1. The van der Waals surface area contributed by atoms with Crippen molar-refractivity contribution in [3.05, 3.63) is 17.5 Å². The number of ether oxygens (including phenoxy) is 1. The van der Waals surface area contributed by atoms with Crippen LogP contribution >= 0.6 is 0 Å². The molecule has 0 spiro atoms. The van der Waals surface area contributed by atoms with Gasteiger partial charge in [-0.25, -0.2) is 9.67 Å². The molecule has 10 heteroatoms. The number of aromatic nitrogens is 4. The van der Waals surface area contributed by atoms with Crippen LogP contribution in [0.2, 0.25) is 0 Å². The van der Waals surface area contributed by atoms with Crippen molar-refractivity contribution < 1.29 is 17.9 Å². The van der Waals surface area contributed by atoms with Crippen LogP contribution in [0.5, 0.6) is 5.75 Å². The Kier molecular flexibility index (Phi) is 3.51. The minimum absolute atomic E-state index is 0.0566. The molecule has 2 aromatic rings. The molecule has 3 heterocycles. The first-order valence-corrected chi connectivity index (χ1v) is 7.97. The van der Waals surface area contributed by atoms with Crippen LogP contribution in [0.1, 0.15) is 24.1 Å². The molecular weight excluding hydrogens is 337 g/mol. The third kappa shape index (κ3) is 2.75. The largest absolute Gasteiger partial charge is 0.487 e. The summed E-state index contributed by atoms with van der Waals surface area (Å²) in [5.74, 6) is 1.05. The van der Waals surface area contributed by atoms with Crippen LogP contribution in [-0.2, 0) is 13.2 Å². The van der Waals surface area contributed by atoms with E-state index in [0.29, 0.717) is 23.9 Å². The molecule has 2 bridgehead atoms. The molecule has 2 aliphatic rings. The lowest BCUT2D eigenvalue weighted by molar-refractivity contribution is -0.137. The number of fused-ring (bicyclic) bond motifs is 4. The van der Waals surface area contributed by atoms with Crippen molar-refractivity contribution in [2.75, 3.05) is 17.2 Å². The van der Waals surface area contributed by atoms with Gasteiger partial charge in [0.2, 0.25) is 5.95 Å². The first-order valence-electron chi connectivity index (χ1n) is 7.97. The maximum atomic E-state index is 13.3. The Morgan fingerprint density at radius 1 is 1.32 bits per heavy atom. The topological polar surface area (TPSA) is 76.9 Å². The van der Waals surface area contributed by atoms with Crippen LogP contribution < -0.4 is 15.4 Å².